The fourth-order valence-corrected chi connectivity index (χ4v) is 1.60. The highest BCUT2D eigenvalue weighted by molar-refractivity contribution is 6.69. The molecular weight excluding hydrogens is 168 g/mol. The van der Waals surface area contributed by atoms with Crippen LogP contribution in [0.5, 0.6) is 0 Å². The van der Waals surface area contributed by atoms with Crippen molar-refractivity contribution in [2.75, 3.05) is 6.61 Å². The first kappa shape index (κ1) is 9.47. The summed E-state index contributed by atoms with van der Waals surface area (Å²) in [6, 6.07) is 0. The van der Waals surface area contributed by atoms with Gasteiger partial charge in [0.2, 0.25) is 0 Å². The quantitative estimate of drug-likeness (QED) is 0.725. The SMILES string of the molecule is C[Si](C)(C)OCCc1ncc[nH]1. The molecule has 0 aliphatic rings. The van der Waals surface area contributed by atoms with E-state index in [2.05, 4.69) is 29.6 Å². The third-order valence-corrected chi connectivity index (χ3v) is 2.50. The molecule has 0 radical (unpaired) electrons. The minimum absolute atomic E-state index is 0.781. The minimum Gasteiger partial charge on any atom is -0.417 e. The first-order chi connectivity index (χ1) is 5.58. The van der Waals surface area contributed by atoms with E-state index in [0.717, 1.165) is 18.9 Å². The number of H-pyrrole nitrogens is 1. The third-order valence-electron chi connectivity index (χ3n) is 1.43. The molecule has 68 valence electrons. The number of hydrogen-bond donors (Lipinski definition) is 1. The van der Waals surface area contributed by atoms with Gasteiger partial charge < -0.3 is 9.41 Å². The van der Waals surface area contributed by atoms with Crippen molar-refractivity contribution < 1.29 is 4.43 Å². The molecule has 0 bridgehead atoms. The van der Waals surface area contributed by atoms with Gasteiger partial charge in [-0.25, -0.2) is 4.98 Å². The van der Waals surface area contributed by atoms with Gasteiger partial charge in [-0.15, -0.1) is 0 Å². The van der Waals surface area contributed by atoms with Gasteiger partial charge in [0.1, 0.15) is 5.82 Å². The van der Waals surface area contributed by atoms with Crippen LogP contribution in [0.15, 0.2) is 12.4 Å². The Morgan fingerprint density at radius 3 is 2.75 bits per heavy atom. The van der Waals surface area contributed by atoms with Crippen LogP contribution in [-0.4, -0.2) is 24.9 Å². The Bertz CT molecular complexity index is 215. The van der Waals surface area contributed by atoms with Crippen LogP contribution in [0.25, 0.3) is 0 Å². The van der Waals surface area contributed by atoms with Crippen LogP contribution in [0.4, 0.5) is 0 Å². The topological polar surface area (TPSA) is 37.9 Å². The number of rotatable bonds is 4. The van der Waals surface area contributed by atoms with E-state index in [4.69, 9.17) is 4.43 Å². The Labute approximate surface area is 74.3 Å². The van der Waals surface area contributed by atoms with Crippen molar-refractivity contribution in [3.8, 4) is 0 Å². The smallest absolute Gasteiger partial charge is 0.183 e. The number of aromatic nitrogens is 2. The Morgan fingerprint density at radius 2 is 2.25 bits per heavy atom. The summed E-state index contributed by atoms with van der Waals surface area (Å²) in [5.41, 5.74) is 0. The van der Waals surface area contributed by atoms with E-state index in [-0.39, 0.29) is 0 Å². The summed E-state index contributed by atoms with van der Waals surface area (Å²) in [5.74, 6) is 1.01. The normalized spacial score (nSPS) is 11.9. The molecule has 4 heteroatoms. The van der Waals surface area contributed by atoms with Gasteiger partial charge in [-0.05, 0) is 19.6 Å². The number of nitrogens with one attached hydrogen (secondary N) is 1. The molecule has 0 saturated carbocycles. The highest BCUT2D eigenvalue weighted by atomic mass is 28.4. The number of hydrogen-bond acceptors (Lipinski definition) is 2. The van der Waals surface area contributed by atoms with Crippen LogP contribution in [-0.2, 0) is 10.8 Å². The Morgan fingerprint density at radius 1 is 1.50 bits per heavy atom. The summed E-state index contributed by atoms with van der Waals surface area (Å²) >= 11 is 0. The molecule has 0 atom stereocenters. The molecule has 1 N–H and O–H groups in total. The zero-order valence-electron chi connectivity index (χ0n) is 7.92. The molecule has 0 spiro atoms. The van der Waals surface area contributed by atoms with Gasteiger partial charge >= 0.3 is 0 Å². The Hall–Kier alpha value is -0.613. The number of imidazole rings is 1. The fraction of sp³-hybridized carbons (Fsp3) is 0.625. The minimum atomic E-state index is -1.33. The van der Waals surface area contributed by atoms with Crippen LogP contribution in [0.2, 0.25) is 19.6 Å². The molecule has 0 saturated heterocycles. The molecule has 1 aromatic heterocycles. The van der Waals surface area contributed by atoms with Crippen molar-refractivity contribution in [2.45, 2.75) is 26.1 Å². The summed E-state index contributed by atoms with van der Waals surface area (Å²) in [7, 11) is -1.33. The molecule has 0 aliphatic carbocycles. The van der Waals surface area contributed by atoms with Gasteiger partial charge in [0.25, 0.3) is 0 Å². The van der Waals surface area contributed by atoms with Gasteiger partial charge in [-0.3, -0.25) is 0 Å². The summed E-state index contributed by atoms with van der Waals surface area (Å²) in [6.07, 6.45) is 4.49. The lowest BCUT2D eigenvalue weighted by Crippen LogP contribution is -2.26. The predicted molar refractivity (Wildman–Crippen MR) is 51.6 cm³/mol. The first-order valence-corrected chi connectivity index (χ1v) is 7.61. The van der Waals surface area contributed by atoms with Crippen molar-refractivity contribution in [1.82, 2.24) is 9.97 Å². The lowest BCUT2D eigenvalue weighted by atomic mass is 10.4. The van der Waals surface area contributed by atoms with Gasteiger partial charge in [-0.2, -0.15) is 0 Å². The van der Waals surface area contributed by atoms with E-state index < -0.39 is 8.32 Å². The van der Waals surface area contributed by atoms with E-state index in [9.17, 15) is 0 Å². The summed E-state index contributed by atoms with van der Waals surface area (Å²) in [5, 5.41) is 0. The van der Waals surface area contributed by atoms with Crippen molar-refractivity contribution in [2.24, 2.45) is 0 Å². The highest BCUT2D eigenvalue weighted by Gasteiger charge is 2.13. The first-order valence-electron chi connectivity index (χ1n) is 4.20. The molecule has 0 aliphatic heterocycles. The second kappa shape index (κ2) is 3.87. The number of nitrogens with zero attached hydrogens (tertiary/aromatic N) is 1. The molecular formula is C8H16N2OSi. The maximum absolute atomic E-state index is 5.68. The van der Waals surface area contributed by atoms with Crippen molar-refractivity contribution in [3.05, 3.63) is 18.2 Å². The molecule has 0 aromatic carbocycles. The highest BCUT2D eigenvalue weighted by Crippen LogP contribution is 2.03. The molecule has 1 heterocycles. The maximum atomic E-state index is 5.68. The van der Waals surface area contributed by atoms with E-state index in [0.29, 0.717) is 0 Å². The fourth-order valence-electron chi connectivity index (χ4n) is 0.889. The molecule has 0 amide bonds. The van der Waals surface area contributed by atoms with Crippen LogP contribution >= 0.6 is 0 Å². The second-order valence-electron chi connectivity index (χ2n) is 3.75. The molecule has 0 unspecified atom stereocenters. The molecule has 3 nitrogen and oxygen atoms in total. The summed E-state index contributed by atoms with van der Waals surface area (Å²) in [6.45, 7) is 7.35. The largest absolute Gasteiger partial charge is 0.417 e. The third kappa shape index (κ3) is 3.68. The van der Waals surface area contributed by atoms with Crippen LogP contribution in [0.1, 0.15) is 5.82 Å². The van der Waals surface area contributed by atoms with Crippen LogP contribution in [0, 0.1) is 0 Å². The number of aromatic amines is 1. The average molecular weight is 184 g/mol. The lowest BCUT2D eigenvalue weighted by Gasteiger charge is -2.16. The lowest BCUT2D eigenvalue weighted by molar-refractivity contribution is 0.313. The molecule has 12 heavy (non-hydrogen) atoms. The standard InChI is InChI=1S/C8H16N2OSi/c1-12(2,3)11-7-4-8-9-5-6-10-8/h5-6H,4,7H2,1-3H3,(H,9,10). The van der Waals surface area contributed by atoms with Crippen LogP contribution < -0.4 is 0 Å². The van der Waals surface area contributed by atoms with Gasteiger partial charge in [0.15, 0.2) is 8.32 Å². The van der Waals surface area contributed by atoms with E-state index in [1.54, 1.807) is 6.20 Å². The van der Waals surface area contributed by atoms with Gasteiger partial charge in [-0.1, -0.05) is 0 Å². The Balaban J connectivity index is 2.20. The molecule has 1 aromatic rings. The predicted octanol–water partition coefficient (Wildman–Crippen LogP) is 1.80. The van der Waals surface area contributed by atoms with E-state index in [1.165, 1.54) is 0 Å². The van der Waals surface area contributed by atoms with E-state index >= 15 is 0 Å². The van der Waals surface area contributed by atoms with Crippen molar-refractivity contribution in [1.29, 1.82) is 0 Å². The average Bonchev–Trinajstić information content (AvgIpc) is 2.36. The zero-order chi connectivity index (χ0) is 9.03. The summed E-state index contributed by atoms with van der Waals surface area (Å²) in [4.78, 5) is 7.16. The summed E-state index contributed by atoms with van der Waals surface area (Å²) < 4.78 is 5.68. The van der Waals surface area contributed by atoms with Gasteiger partial charge in [0, 0.05) is 25.4 Å². The van der Waals surface area contributed by atoms with Gasteiger partial charge in [0.05, 0.1) is 0 Å². The zero-order valence-corrected chi connectivity index (χ0v) is 8.92. The van der Waals surface area contributed by atoms with Crippen LogP contribution in [0.3, 0.4) is 0 Å². The van der Waals surface area contributed by atoms with Crippen molar-refractivity contribution in [3.63, 3.8) is 0 Å². The monoisotopic (exact) mass is 184 g/mol. The maximum Gasteiger partial charge on any atom is 0.183 e. The van der Waals surface area contributed by atoms with E-state index in [1.807, 2.05) is 6.20 Å². The Kier molecular flexibility index (Phi) is 3.05. The second-order valence-corrected chi connectivity index (χ2v) is 8.26. The molecule has 0 fully saturated rings. The molecule has 1 rings (SSSR count). The van der Waals surface area contributed by atoms with Crippen molar-refractivity contribution >= 4 is 8.32 Å².